The third kappa shape index (κ3) is 3.95. The molecule has 1 unspecified atom stereocenters. The number of rotatable bonds is 4. The molecule has 0 aromatic heterocycles. The zero-order valence-electron chi connectivity index (χ0n) is 9.50. The first-order valence-electron chi connectivity index (χ1n) is 5.81. The predicted octanol–water partition coefficient (Wildman–Crippen LogP) is 0.831. The minimum absolute atomic E-state index is 0.267. The summed E-state index contributed by atoms with van der Waals surface area (Å²) in [5.74, 6) is 0. The van der Waals surface area contributed by atoms with Gasteiger partial charge in [0.05, 0.1) is 6.61 Å². The van der Waals surface area contributed by atoms with Crippen molar-refractivity contribution in [3.63, 3.8) is 0 Å². The summed E-state index contributed by atoms with van der Waals surface area (Å²) >= 11 is 0. The maximum Gasteiger partial charge on any atom is 0.0584 e. The van der Waals surface area contributed by atoms with Gasteiger partial charge in [-0.05, 0) is 45.8 Å². The van der Waals surface area contributed by atoms with Gasteiger partial charge in [0.1, 0.15) is 0 Å². The average molecular weight is 200 g/mol. The number of nitrogens with one attached hydrogen (secondary N) is 1. The molecule has 0 aromatic rings. The molecule has 0 radical (unpaired) electrons. The van der Waals surface area contributed by atoms with E-state index in [1.807, 2.05) is 0 Å². The van der Waals surface area contributed by atoms with Crippen LogP contribution in [0.1, 0.15) is 32.6 Å². The van der Waals surface area contributed by atoms with Crippen molar-refractivity contribution in [2.24, 2.45) is 0 Å². The van der Waals surface area contributed by atoms with Crippen LogP contribution >= 0.6 is 0 Å². The van der Waals surface area contributed by atoms with E-state index in [-0.39, 0.29) is 6.61 Å². The summed E-state index contributed by atoms with van der Waals surface area (Å²) < 4.78 is 0. The van der Waals surface area contributed by atoms with Crippen molar-refractivity contribution in [1.29, 1.82) is 0 Å². The first kappa shape index (κ1) is 12.0. The van der Waals surface area contributed by atoms with Crippen molar-refractivity contribution >= 4 is 0 Å². The monoisotopic (exact) mass is 200 g/mol. The Kier molecular flexibility index (Phi) is 5.45. The molecular weight excluding hydrogens is 176 g/mol. The minimum Gasteiger partial charge on any atom is -0.395 e. The van der Waals surface area contributed by atoms with Gasteiger partial charge in [-0.3, -0.25) is 0 Å². The van der Waals surface area contributed by atoms with Crippen LogP contribution in [-0.4, -0.2) is 48.8 Å². The molecule has 14 heavy (non-hydrogen) atoms. The predicted molar refractivity (Wildman–Crippen MR) is 59.4 cm³/mol. The SMILES string of the molecule is CC[C@H](CO)NC1CCCN(C)CC1. The lowest BCUT2D eigenvalue weighted by Crippen LogP contribution is -2.40. The zero-order valence-corrected chi connectivity index (χ0v) is 9.50. The minimum atomic E-state index is 0.267. The third-order valence-electron chi connectivity index (χ3n) is 3.14. The van der Waals surface area contributed by atoms with Crippen molar-refractivity contribution in [1.82, 2.24) is 10.2 Å². The molecule has 0 amide bonds. The van der Waals surface area contributed by atoms with Crippen LogP contribution in [0.4, 0.5) is 0 Å². The Morgan fingerprint density at radius 2 is 2.21 bits per heavy atom. The second kappa shape index (κ2) is 6.38. The molecule has 0 aliphatic carbocycles. The van der Waals surface area contributed by atoms with Gasteiger partial charge >= 0.3 is 0 Å². The van der Waals surface area contributed by atoms with Gasteiger partial charge in [0.15, 0.2) is 0 Å². The summed E-state index contributed by atoms with van der Waals surface area (Å²) in [6.45, 7) is 4.78. The van der Waals surface area contributed by atoms with Crippen molar-refractivity contribution in [3.05, 3.63) is 0 Å². The number of nitrogens with zero attached hydrogens (tertiary/aromatic N) is 1. The Bertz CT molecular complexity index is 148. The van der Waals surface area contributed by atoms with E-state index in [9.17, 15) is 0 Å². The summed E-state index contributed by atoms with van der Waals surface area (Å²) in [5, 5.41) is 12.6. The zero-order chi connectivity index (χ0) is 10.4. The van der Waals surface area contributed by atoms with Crippen LogP contribution in [0.3, 0.4) is 0 Å². The van der Waals surface area contributed by atoms with Crippen molar-refractivity contribution in [3.8, 4) is 0 Å². The first-order chi connectivity index (χ1) is 6.76. The van der Waals surface area contributed by atoms with Crippen LogP contribution in [0, 0.1) is 0 Å². The molecule has 0 aromatic carbocycles. The van der Waals surface area contributed by atoms with E-state index in [0.29, 0.717) is 12.1 Å². The van der Waals surface area contributed by atoms with E-state index in [4.69, 9.17) is 5.11 Å². The van der Waals surface area contributed by atoms with Gasteiger partial charge in [0.2, 0.25) is 0 Å². The molecule has 2 atom stereocenters. The Labute approximate surface area is 87.5 Å². The molecule has 0 saturated carbocycles. The van der Waals surface area contributed by atoms with E-state index in [2.05, 4.69) is 24.2 Å². The summed E-state index contributed by atoms with van der Waals surface area (Å²) in [6.07, 6.45) is 4.76. The molecule has 2 N–H and O–H groups in total. The standard InChI is InChI=1S/C11H24N2O/c1-3-10(9-14)12-11-5-4-7-13(2)8-6-11/h10-12,14H,3-9H2,1-2H3/t10-,11?/m1/s1. The van der Waals surface area contributed by atoms with E-state index >= 15 is 0 Å². The van der Waals surface area contributed by atoms with Gasteiger partial charge in [0, 0.05) is 12.1 Å². The number of likely N-dealkylation sites (tertiary alicyclic amines) is 1. The van der Waals surface area contributed by atoms with E-state index in [1.165, 1.54) is 32.4 Å². The normalized spacial score (nSPS) is 27.2. The Hall–Kier alpha value is -0.120. The highest BCUT2D eigenvalue weighted by Crippen LogP contribution is 2.10. The lowest BCUT2D eigenvalue weighted by atomic mass is 10.1. The number of aliphatic hydroxyl groups is 1. The molecule has 1 rings (SSSR count). The second-order valence-corrected chi connectivity index (χ2v) is 4.39. The molecule has 0 spiro atoms. The second-order valence-electron chi connectivity index (χ2n) is 4.39. The first-order valence-corrected chi connectivity index (χ1v) is 5.81. The van der Waals surface area contributed by atoms with E-state index in [1.54, 1.807) is 0 Å². The molecule has 3 nitrogen and oxygen atoms in total. The Morgan fingerprint density at radius 1 is 1.43 bits per heavy atom. The van der Waals surface area contributed by atoms with Crippen LogP contribution in [0.5, 0.6) is 0 Å². The molecule has 1 saturated heterocycles. The third-order valence-corrected chi connectivity index (χ3v) is 3.14. The molecule has 1 fully saturated rings. The maximum atomic E-state index is 9.11. The van der Waals surface area contributed by atoms with Gasteiger partial charge in [-0.25, -0.2) is 0 Å². The van der Waals surface area contributed by atoms with Crippen molar-refractivity contribution < 1.29 is 5.11 Å². The number of aliphatic hydroxyl groups excluding tert-OH is 1. The lowest BCUT2D eigenvalue weighted by Gasteiger charge is -2.22. The quantitative estimate of drug-likeness (QED) is 0.705. The molecular formula is C11H24N2O. The molecule has 84 valence electrons. The molecule has 1 aliphatic heterocycles. The highest BCUT2D eigenvalue weighted by Gasteiger charge is 2.16. The van der Waals surface area contributed by atoms with Crippen LogP contribution < -0.4 is 5.32 Å². The van der Waals surface area contributed by atoms with Crippen molar-refractivity contribution in [2.75, 3.05) is 26.7 Å². The fourth-order valence-electron chi connectivity index (χ4n) is 2.04. The molecule has 0 bridgehead atoms. The largest absolute Gasteiger partial charge is 0.395 e. The highest BCUT2D eigenvalue weighted by atomic mass is 16.3. The summed E-state index contributed by atoms with van der Waals surface area (Å²) in [6, 6.07) is 0.903. The lowest BCUT2D eigenvalue weighted by molar-refractivity contribution is 0.222. The van der Waals surface area contributed by atoms with Gasteiger partial charge in [0.25, 0.3) is 0 Å². The maximum absolute atomic E-state index is 9.11. The topological polar surface area (TPSA) is 35.5 Å². The van der Waals surface area contributed by atoms with Crippen molar-refractivity contribution in [2.45, 2.75) is 44.7 Å². The van der Waals surface area contributed by atoms with Crippen LogP contribution in [0.15, 0.2) is 0 Å². The van der Waals surface area contributed by atoms with Crippen LogP contribution in [0.25, 0.3) is 0 Å². The van der Waals surface area contributed by atoms with E-state index < -0.39 is 0 Å². The molecule has 1 aliphatic rings. The molecule has 1 heterocycles. The molecule has 3 heteroatoms. The summed E-state index contributed by atoms with van der Waals surface area (Å²) in [4.78, 5) is 2.39. The average Bonchev–Trinajstić information content (AvgIpc) is 2.40. The van der Waals surface area contributed by atoms with Gasteiger partial charge in [-0.2, -0.15) is 0 Å². The fraction of sp³-hybridized carbons (Fsp3) is 1.00. The van der Waals surface area contributed by atoms with E-state index in [0.717, 1.165) is 6.42 Å². The fourth-order valence-corrected chi connectivity index (χ4v) is 2.04. The van der Waals surface area contributed by atoms with Crippen LogP contribution in [-0.2, 0) is 0 Å². The summed E-state index contributed by atoms with van der Waals surface area (Å²) in [7, 11) is 2.19. The van der Waals surface area contributed by atoms with Gasteiger partial charge < -0.3 is 15.3 Å². The van der Waals surface area contributed by atoms with Gasteiger partial charge in [-0.15, -0.1) is 0 Å². The van der Waals surface area contributed by atoms with Crippen LogP contribution in [0.2, 0.25) is 0 Å². The Morgan fingerprint density at radius 3 is 2.86 bits per heavy atom. The van der Waals surface area contributed by atoms with Gasteiger partial charge in [-0.1, -0.05) is 6.92 Å². The number of hydrogen-bond acceptors (Lipinski definition) is 3. The summed E-state index contributed by atoms with van der Waals surface area (Å²) in [5.41, 5.74) is 0. The number of hydrogen-bond donors (Lipinski definition) is 2. The Balaban J connectivity index is 2.29. The smallest absolute Gasteiger partial charge is 0.0584 e. The highest BCUT2D eigenvalue weighted by molar-refractivity contribution is 4.77.